The van der Waals surface area contributed by atoms with E-state index < -0.39 is 9.84 Å². The van der Waals surface area contributed by atoms with Crippen LogP contribution in [0.2, 0.25) is 5.02 Å². The highest BCUT2D eigenvalue weighted by Crippen LogP contribution is 2.23. The van der Waals surface area contributed by atoms with Crippen LogP contribution in [0.25, 0.3) is 0 Å². The third-order valence-corrected chi connectivity index (χ3v) is 6.86. The van der Waals surface area contributed by atoms with Gasteiger partial charge in [0.15, 0.2) is 9.84 Å². The summed E-state index contributed by atoms with van der Waals surface area (Å²) >= 11 is 6.02. The summed E-state index contributed by atoms with van der Waals surface area (Å²) in [5, 5.41) is 0.537. The van der Waals surface area contributed by atoms with Gasteiger partial charge in [0, 0.05) is 32.2 Å². The number of para-hydroxylation sites is 1. The van der Waals surface area contributed by atoms with Gasteiger partial charge in [0.1, 0.15) is 5.75 Å². The van der Waals surface area contributed by atoms with E-state index in [1.165, 1.54) is 0 Å². The lowest BCUT2D eigenvalue weighted by Crippen LogP contribution is -2.52. The Balaban J connectivity index is 1.40. The fraction of sp³-hybridized carbons (Fsp3) is 0.588. The van der Waals surface area contributed by atoms with Gasteiger partial charge in [-0.05, 0) is 18.6 Å². The Kier molecular flexibility index (Phi) is 5.86. The minimum Gasteiger partial charge on any atom is -0.491 e. The first-order valence-corrected chi connectivity index (χ1v) is 10.7. The third kappa shape index (κ3) is 4.86. The Morgan fingerprint density at radius 3 is 2.56 bits per heavy atom. The summed E-state index contributed by atoms with van der Waals surface area (Å²) in [6.07, 6.45) is 1.02. The Morgan fingerprint density at radius 1 is 1.20 bits per heavy atom. The first-order chi connectivity index (χ1) is 11.9. The van der Waals surface area contributed by atoms with Gasteiger partial charge in [-0.3, -0.25) is 9.69 Å². The molecule has 138 valence electrons. The number of carbonyl (C=O) groups excluding carboxylic acids is 1. The molecule has 2 heterocycles. The number of nitrogens with zero attached hydrogens (tertiary/aromatic N) is 2. The van der Waals surface area contributed by atoms with E-state index >= 15 is 0 Å². The second-order valence-electron chi connectivity index (χ2n) is 6.50. The van der Waals surface area contributed by atoms with Gasteiger partial charge in [0.05, 0.1) is 29.6 Å². The predicted octanol–water partition coefficient (Wildman–Crippen LogP) is 1.44. The van der Waals surface area contributed by atoms with Gasteiger partial charge in [0.2, 0.25) is 5.91 Å². The number of piperazine rings is 1. The van der Waals surface area contributed by atoms with Crippen LogP contribution < -0.4 is 4.74 Å². The van der Waals surface area contributed by atoms with Crippen LogP contribution in [0.1, 0.15) is 12.8 Å². The zero-order valence-electron chi connectivity index (χ0n) is 14.1. The molecule has 1 aromatic carbocycles. The number of sulfone groups is 1. The van der Waals surface area contributed by atoms with Crippen LogP contribution in [-0.2, 0) is 14.6 Å². The van der Waals surface area contributed by atoms with E-state index in [1.807, 2.05) is 17.0 Å². The summed E-state index contributed by atoms with van der Waals surface area (Å²) in [4.78, 5) is 16.3. The van der Waals surface area contributed by atoms with Crippen LogP contribution in [-0.4, -0.2) is 74.5 Å². The van der Waals surface area contributed by atoms with E-state index in [0.29, 0.717) is 43.3 Å². The molecule has 8 heteroatoms. The monoisotopic (exact) mass is 386 g/mol. The molecule has 0 radical (unpaired) electrons. The lowest BCUT2D eigenvalue weighted by molar-refractivity contribution is -0.133. The first kappa shape index (κ1) is 18.5. The SMILES string of the molecule is O=C(CCOc1ccccc1Cl)N1CCN(C2CCS(=O)(=O)C2)CC1. The van der Waals surface area contributed by atoms with Crippen molar-refractivity contribution in [3.05, 3.63) is 29.3 Å². The van der Waals surface area contributed by atoms with Gasteiger partial charge in [0.25, 0.3) is 0 Å². The van der Waals surface area contributed by atoms with Crippen molar-refractivity contribution in [3.63, 3.8) is 0 Å². The largest absolute Gasteiger partial charge is 0.491 e. The molecule has 3 rings (SSSR count). The molecule has 1 amide bonds. The van der Waals surface area contributed by atoms with Gasteiger partial charge >= 0.3 is 0 Å². The maximum Gasteiger partial charge on any atom is 0.226 e. The third-order valence-electron chi connectivity index (χ3n) is 4.80. The molecule has 0 aliphatic carbocycles. The number of hydrogen-bond donors (Lipinski definition) is 0. The average Bonchev–Trinajstić information content (AvgIpc) is 2.96. The molecule has 2 fully saturated rings. The van der Waals surface area contributed by atoms with Crippen LogP contribution in [0.5, 0.6) is 5.75 Å². The van der Waals surface area contributed by atoms with Crippen LogP contribution >= 0.6 is 11.6 Å². The topological polar surface area (TPSA) is 66.9 Å². The molecule has 1 atom stereocenters. The van der Waals surface area contributed by atoms with E-state index in [1.54, 1.807) is 12.1 Å². The zero-order valence-corrected chi connectivity index (χ0v) is 15.6. The molecular weight excluding hydrogens is 364 g/mol. The van der Waals surface area contributed by atoms with Crippen molar-refractivity contribution in [2.75, 3.05) is 44.3 Å². The Morgan fingerprint density at radius 2 is 1.92 bits per heavy atom. The normalized spacial score (nSPS) is 23.6. The lowest BCUT2D eigenvalue weighted by atomic mass is 10.2. The number of carbonyl (C=O) groups is 1. The predicted molar refractivity (Wildman–Crippen MR) is 96.8 cm³/mol. The average molecular weight is 387 g/mol. The molecule has 1 unspecified atom stereocenters. The fourth-order valence-electron chi connectivity index (χ4n) is 3.37. The van der Waals surface area contributed by atoms with Crippen LogP contribution in [0.4, 0.5) is 0 Å². The summed E-state index contributed by atoms with van der Waals surface area (Å²) in [5.74, 6) is 1.19. The van der Waals surface area contributed by atoms with Crippen molar-refractivity contribution < 1.29 is 17.9 Å². The number of ether oxygens (including phenoxy) is 1. The van der Waals surface area contributed by atoms with Crippen molar-refractivity contribution in [1.29, 1.82) is 0 Å². The number of hydrogen-bond acceptors (Lipinski definition) is 5. The lowest BCUT2D eigenvalue weighted by Gasteiger charge is -2.37. The summed E-state index contributed by atoms with van der Waals surface area (Å²) in [6.45, 7) is 3.04. The van der Waals surface area contributed by atoms with Crippen molar-refractivity contribution in [2.45, 2.75) is 18.9 Å². The number of rotatable bonds is 5. The van der Waals surface area contributed by atoms with Gasteiger partial charge in [-0.2, -0.15) is 0 Å². The quantitative estimate of drug-likeness (QED) is 0.766. The fourth-order valence-corrected chi connectivity index (χ4v) is 5.32. The molecule has 0 spiro atoms. The zero-order chi connectivity index (χ0) is 17.9. The molecule has 2 aliphatic heterocycles. The maximum absolute atomic E-state index is 12.3. The smallest absolute Gasteiger partial charge is 0.226 e. The van der Waals surface area contributed by atoms with E-state index in [4.69, 9.17) is 16.3 Å². The maximum atomic E-state index is 12.3. The van der Waals surface area contributed by atoms with Gasteiger partial charge in [-0.15, -0.1) is 0 Å². The Labute approximate surface area is 153 Å². The standard InChI is InChI=1S/C17H23ClN2O4S/c18-15-3-1-2-4-16(15)24-11-5-17(21)20-9-7-19(8-10-20)14-6-12-25(22,23)13-14/h1-4,14H,5-13H2. The molecule has 1 aromatic rings. The minimum absolute atomic E-state index is 0.0609. The van der Waals surface area contributed by atoms with Crippen LogP contribution in [0.3, 0.4) is 0 Å². The second-order valence-corrected chi connectivity index (χ2v) is 9.14. The Hall–Kier alpha value is -1.31. The molecule has 25 heavy (non-hydrogen) atoms. The van der Waals surface area contributed by atoms with Gasteiger partial charge in [-0.1, -0.05) is 23.7 Å². The molecule has 2 saturated heterocycles. The van der Waals surface area contributed by atoms with Crippen molar-refractivity contribution in [2.24, 2.45) is 0 Å². The molecule has 0 bridgehead atoms. The molecule has 0 saturated carbocycles. The minimum atomic E-state index is -2.87. The summed E-state index contributed by atoms with van der Waals surface area (Å²) < 4.78 is 28.8. The first-order valence-electron chi connectivity index (χ1n) is 8.54. The summed E-state index contributed by atoms with van der Waals surface area (Å²) in [6, 6.07) is 7.31. The van der Waals surface area contributed by atoms with Crippen molar-refractivity contribution in [1.82, 2.24) is 9.80 Å². The van der Waals surface area contributed by atoms with Crippen LogP contribution in [0, 0.1) is 0 Å². The highest BCUT2D eigenvalue weighted by atomic mass is 35.5. The number of benzene rings is 1. The molecule has 0 N–H and O–H groups in total. The van der Waals surface area contributed by atoms with E-state index in [0.717, 1.165) is 13.1 Å². The van der Waals surface area contributed by atoms with E-state index in [2.05, 4.69) is 4.90 Å². The van der Waals surface area contributed by atoms with Gasteiger partial charge < -0.3 is 9.64 Å². The number of amides is 1. The number of halogens is 1. The Bertz CT molecular complexity index is 717. The summed E-state index contributed by atoms with van der Waals surface area (Å²) in [5.41, 5.74) is 0. The highest BCUT2D eigenvalue weighted by molar-refractivity contribution is 7.91. The van der Waals surface area contributed by atoms with Crippen LogP contribution in [0.15, 0.2) is 24.3 Å². The molecular formula is C17H23ClN2O4S. The van der Waals surface area contributed by atoms with Crippen molar-refractivity contribution in [3.8, 4) is 5.75 Å². The van der Waals surface area contributed by atoms with E-state index in [-0.39, 0.29) is 23.5 Å². The second kappa shape index (κ2) is 7.93. The molecule has 2 aliphatic rings. The van der Waals surface area contributed by atoms with Gasteiger partial charge in [-0.25, -0.2) is 8.42 Å². The molecule has 6 nitrogen and oxygen atoms in total. The van der Waals surface area contributed by atoms with Crippen molar-refractivity contribution >= 4 is 27.3 Å². The van der Waals surface area contributed by atoms with E-state index in [9.17, 15) is 13.2 Å². The summed E-state index contributed by atoms with van der Waals surface area (Å²) in [7, 11) is -2.87. The molecule has 0 aromatic heterocycles. The highest BCUT2D eigenvalue weighted by Gasteiger charge is 2.34.